The zero-order valence-electron chi connectivity index (χ0n) is 13.3. The number of imidazole rings is 1. The molecule has 0 fully saturated rings. The molecule has 0 saturated heterocycles. The van der Waals surface area contributed by atoms with Gasteiger partial charge in [-0.25, -0.2) is 10.4 Å². The van der Waals surface area contributed by atoms with Gasteiger partial charge in [0.25, 0.3) is 5.91 Å². The fourth-order valence-electron chi connectivity index (χ4n) is 2.32. The number of nitrogens with one attached hydrogen (secondary N) is 1. The summed E-state index contributed by atoms with van der Waals surface area (Å²) in [5, 5.41) is 13.7. The van der Waals surface area contributed by atoms with E-state index in [0.29, 0.717) is 15.8 Å². The average molecular weight is 403 g/mol. The van der Waals surface area contributed by atoms with Crippen LogP contribution in [0.1, 0.15) is 5.56 Å². The van der Waals surface area contributed by atoms with Crippen molar-refractivity contribution in [3.63, 3.8) is 0 Å². The van der Waals surface area contributed by atoms with E-state index >= 15 is 0 Å². The van der Waals surface area contributed by atoms with Crippen LogP contribution in [0.4, 0.5) is 0 Å². The van der Waals surface area contributed by atoms with Crippen LogP contribution in [0.15, 0.2) is 52.3 Å². The van der Waals surface area contributed by atoms with Crippen molar-refractivity contribution in [1.29, 1.82) is 0 Å². The molecule has 7 nitrogen and oxygen atoms in total. The van der Waals surface area contributed by atoms with Crippen molar-refractivity contribution in [2.45, 2.75) is 6.54 Å². The molecule has 128 valence electrons. The topological polar surface area (TPSA) is 88.7 Å². The molecule has 25 heavy (non-hydrogen) atoms. The number of halogens is 1. The molecule has 0 aliphatic rings. The van der Waals surface area contributed by atoms with Crippen LogP contribution < -0.4 is 10.2 Å². The molecule has 8 heteroatoms. The van der Waals surface area contributed by atoms with Gasteiger partial charge >= 0.3 is 0 Å². The van der Waals surface area contributed by atoms with Gasteiger partial charge in [0.05, 0.1) is 30.7 Å². The van der Waals surface area contributed by atoms with Crippen LogP contribution in [-0.4, -0.2) is 33.9 Å². The van der Waals surface area contributed by atoms with Crippen molar-refractivity contribution in [2.75, 3.05) is 7.11 Å². The van der Waals surface area contributed by atoms with Gasteiger partial charge in [0, 0.05) is 10.0 Å². The number of hydrazone groups is 1. The van der Waals surface area contributed by atoms with Gasteiger partial charge in [0.2, 0.25) is 0 Å². The average Bonchev–Trinajstić information content (AvgIpc) is 3.00. The second-order valence-electron chi connectivity index (χ2n) is 5.20. The van der Waals surface area contributed by atoms with Crippen molar-refractivity contribution in [2.24, 2.45) is 5.10 Å². The van der Waals surface area contributed by atoms with Crippen LogP contribution in [0.2, 0.25) is 0 Å². The molecule has 0 atom stereocenters. The number of hydrogen-bond acceptors (Lipinski definition) is 5. The number of fused-ring (bicyclic) bond motifs is 1. The predicted molar refractivity (Wildman–Crippen MR) is 97.8 cm³/mol. The number of phenolic OH excluding ortho intramolecular Hbond substituents is 1. The second kappa shape index (κ2) is 7.35. The Morgan fingerprint density at radius 1 is 1.44 bits per heavy atom. The maximum atomic E-state index is 12.0. The van der Waals surface area contributed by atoms with E-state index in [1.165, 1.54) is 19.4 Å². The highest BCUT2D eigenvalue weighted by Gasteiger charge is 2.08. The van der Waals surface area contributed by atoms with E-state index in [1.807, 2.05) is 24.3 Å². The molecular formula is C17H15BrN4O3. The number of aromatic hydroxyl groups is 1. The van der Waals surface area contributed by atoms with Gasteiger partial charge in [-0.1, -0.05) is 12.1 Å². The van der Waals surface area contributed by atoms with Crippen molar-refractivity contribution in [1.82, 2.24) is 15.0 Å². The van der Waals surface area contributed by atoms with E-state index in [2.05, 4.69) is 31.4 Å². The lowest BCUT2D eigenvalue weighted by Crippen LogP contribution is -2.22. The quantitative estimate of drug-likeness (QED) is 0.507. The molecule has 1 heterocycles. The summed E-state index contributed by atoms with van der Waals surface area (Å²) in [7, 11) is 1.47. The first-order valence-electron chi connectivity index (χ1n) is 7.37. The summed E-state index contributed by atoms with van der Waals surface area (Å²) >= 11 is 3.36. The van der Waals surface area contributed by atoms with E-state index in [0.717, 1.165) is 11.0 Å². The molecule has 0 aliphatic heterocycles. The van der Waals surface area contributed by atoms with Crippen molar-refractivity contribution < 1.29 is 14.6 Å². The van der Waals surface area contributed by atoms with Crippen LogP contribution in [0.3, 0.4) is 0 Å². The molecule has 1 aromatic heterocycles. The van der Waals surface area contributed by atoms with Gasteiger partial charge in [-0.05, 0) is 40.2 Å². The van der Waals surface area contributed by atoms with Crippen LogP contribution in [0.25, 0.3) is 11.0 Å². The molecule has 0 unspecified atom stereocenters. The molecule has 0 bridgehead atoms. The molecule has 0 spiro atoms. The number of rotatable bonds is 5. The minimum absolute atomic E-state index is 0.0108. The predicted octanol–water partition coefficient (Wildman–Crippen LogP) is 2.66. The number of aromatic nitrogens is 2. The molecule has 2 N–H and O–H groups in total. The zero-order valence-corrected chi connectivity index (χ0v) is 14.9. The fourth-order valence-corrected chi connectivity index (χ4v) is 2.75. The Kier molecular flexibility index (Phi) is 4.99. The molecule has 2 aromatic carbocycles. The first-order chi connectivity index (χ1) is 12.1. The third-order valence-electron chi connectivity index (χ3n) is 3.53. The molecule has 0 saturated carbocycles. The Balaban J connectivity index is 1.66. The number of hydrogen-bond donors (Lipinski definition) is 2. The normalized spacial score (nSPS) is 11.1. The minimum atomic E-state index is -0.284. The van der Waals surface area contributed by atoms with E-state index < -0.39 is 0 Å². The molecule has 1 amide bonds. The highest BCUT2D eigenvalue weighted by molar-refractivity contribution is 9.10. The Labute approximate surface area is 152 Å². The summed E-state index contributed by atoms with van der Waals surface area (Å²) in [6.45, 7) is 0.104. The maximum Gasteiger partial charge on any atom is 0.260 e. The largest absolute Gasteiger partial charge is 0.504 e. The summed E-state index contributed by atoms with van der Waals surface area (Å²) in [4.78, 5) is 16.3. The Morgan fingerprint density at radius 3 is 3.04 bits per heavy atom. The van der Waals surface area contributed by atoms with Crippen LogP contribution in [0, 0.1) is 0 Å². The molecule has 0 radical (unpaired) electrons. The number of nitrogens with zero attached hydrogens (tertiary/aromatic N) is 3. The van der Waals surface area contributed by atoms with Crippen molar-refractivity contribution >= 4 is 39.1 Å². The number of methoxy groups -OCH3 is 1. The summed E-state index contributed by atoms with van der Waals surface area (Å²) in [5.41, 5.74) is 4.77. The van der Waals surface area contributed by atoms with Gasteiger partial charge < -0.3 is 14.4 Å². The number of carbonyl (C=O) groups is 1. The molecule has 0 aliphatic carbocycles. The van der Waals surface area contributed by atoms with E-state index in [-0.39, 0.29) is 18.2 Å². The van der Waals surface area contributed by atoms with Gasteiger partial charge in [-0.15, -0.1) is 0 Å². The van der Waals surface area contributed by atoms with Crippen molar-refractivity contribution in [3.05, 3.63) is 52.8 Å². The Hall–Kier alpha value is -2.87. The van der Waals surface area contributed by atoms with E-state index in [1.54, 1.807) is 17.0 Å². The van der Waals surface area contributed by atoms with E-state index in [9.17, 15) is 9.90 Å². The molecule has 3 aromatic rings. The number of para-hydroxylation sites is 2. The van der Waals surface area contributed by atoms with Crippen LogP contribution in [0.5, 0.6) is 11.5 Å². The number of phenols is 1. The lowest BCUT2D eigenvalue weighted by Gasteiger charge is -2.06. The van der Waals surface area contributed by atoms with Crippen molar-refractivity contribution in [3.8, 4) is 11.5 Å². The van der Waals surface area contributed by atoms with Crippen LogP contribution >= 0.6 is 15.9 Å². The molecule has 3 rings (SSSR count). The highest BCUT2D eigenvalue weighted by atomic mass is 79.9. The summed E-state index contributed by atoms with van der Waals surface area (Å²) < 4.78 is 7.44. The van der Waals surface area contributed by atoms with Crippen LogP contribution in [-0.2, 0) is 11.3 Å². The number of amides is 1. The van der Waals surface area contributed by atoms with Gasteiger partial charge in [0.1, 0.15) is 6.54 Å². The van der Waals surface area contributed by atoms with Gasteiger partial charge in [-0.2, -0.15) is 5.10 Å². The minimum Gasteiger partial charge on any atom is -0.504 e. The second-order valence-corrected chi connectivity index (χ2v) is 6.05. The third-order valence-corrected chi connectivity index (χ3v) is 4.22. The third kappa shape index (κ3) is 3.80. The monoisotopic (exact) mass is 402 g/mol. The van der Waals surface area contributed by atoms with Gasteiger partial charge in [-0.3, -0.25) is 4.79 Å². The van der Waals surface area contributed by atoms with Gasteiger partial charge in [0.15, 0.2) is 11.5 Å². The lowest BCUT2D eigenvalue weighted by atomic mass is 10.2. The summed E-state index contributed by atoms with van der Waals surface area (Å²) in [5.74, 6) is 0.0525. The first kappa shape index (κ1) is 17.0. The Morgan fingerprint density at radius 2 is 2.24 bits per heavy atom. The van der Waals surface area contributed by atoms with E-state index in [4.69, 9.17) is 4.74 Å². The standard InChI is InChI=1S/C17H15BrN4O3/c1-25-16-7-12(18)11(6-15(16)23)8-20-21-17(24)9-22-10-19-13-4-2-3-5-14(13)22/h2-8,10,23H,9H2,1H3,(H,21,24)/b20-8-. The summed E-state index contributed by atoms with van der Waals surface area (Å²) in [6, 6.07) is 10.7. The number of carbonyl (C=O) groups excluding carboxylic acids is 1. The fraction of sp³-hybridized carbons (Fsp3) is 0.118. The zero-order chi connectivity index (χ0) is 17.8. The smallest absolute Gasteiger partial charge is 0.260 e. The highest BCUT2D eigenvalue weighted by Crippen LogP contribution is 2.31. The maximum absolute atomic E-state index is 12.0. The lowest BCUT2D eigenvalue weighted by molar-refractivity contribution is -0.121. The SMILES string of the molecule is COc1cc(Br)c(/C=N\NC(=O)Cn2cnc3ccccc32)cc1O. The molecular weight excluding hydrogens is 388 g/mol. The number of ether oxygens (including phenoxy) is 1. The number of benzene rings is 2. The summed E-state index contributed by atoms with van der Waals surface area (Å²) in [6.07, 6.45) is 3.05. The first-order valence-corrected chi connectivity index (χ1v) is 8.16. The Bertz CT molecular complexity index is 952.